The molecule has 1 aliphatic heterocycles. The molecule has 1 saturated heterocycles. The lowest BCUT2D eigenvalue weighted by atomic mass is 10.1. The number of hydrogen-bond donors (Lipinski definition) is 2. The van der Waals surface area contributed by atoms with Crippen LogP contribution in [0.2, 0.25) is 5.02 Å². The smallest absolute Gasteiger partial charge is 0.241 e. The van der Waals surface area contributed by atoms with Gasteiger partial charge in [0.05, 0.1) is 4.90 Å². The fraction of sp³-hybridized carbons (Fsp3) is 0.455. The number of piperidine rings is 1. The lowest BCUT2D eigenvalue weighted by Crippen LogP contribution is -2.42. The summed E-state index contributed by atoms with van der Waals surface area (Å²) in [7, 11) is -3.49. The van der Waals surface area contributed by atoms with Crippen LogP contribution in [0, 0.1) is 0 Å². The normalized spacial score (nSPS) is 17.9. The number of nitrogens with one attached hydrogen (secondary N) is 2. The minimum atomic E-state index is -3.49. The minimum Gasteiger partial charge on any atom is -0.317 e. The van der Waals surface area contributed by atoms with Gasteiger partial charge in [0.25, 0.3) is 0 Å². The van der Waals surface area contributed by atoms with Crippen molar-refractivity contribution in [2.24, 2.45) is 0 Å². The van der Waals surface area contributed by atoms with Crippen molar-refractivity contribution in [3.63, 3.8) is 0 Å². The summed E-state index contributed by atoms with van der Waals surface area (Å²) in [6, 6.07) is 4.66. The standard InChI is InChI=1S/C11H14BrClN2O2S/c12-10-7-8(13)1-2-11(10)18(16,17)15-9-3-5-14-6-4-9/h1-2,7,9,14-15H,3-6H2. The molecule has 1 fully saturated rings. The summed E-state index contributed by atoms with van der Waals surface area (Å²) in [6.07, 6.45) is 1.62. The second-order valence-electron chi connectivity index (χ2n) is 4.22. The van der Waals surface area contributed by atoms with Crippen molar-refractivity contribution in [1.82, 2.24) is 10.0 Å². The highest BCUT2D eigenvalue weighted by molar-refractivity contribution is 9.10. The molecular formula is C11H14BrClN2O2S. The van der Waals surface area contributed by atoms with E-state index in [1.165, 1.54) is 6.07 Å². The van der Waals surface area contributed by atoms with Crippen LogP contribution in [0.5, 0.6) is 0 Å². The summed E-state index contributed by atoms with van der Waals surface area (Å²) in [4.78, 5) is 0.227. The van der Waals surface area contributed by atoms with Crippen LogP contribution in [0.3, 0.4) is 0 Å². The van der Waals surface area contributed by atoms with Crippen molar-refractivity contribution in [2.45, 2.75) is 23.8 Å². The molecule has 0 unspecified atom stereocenters. The summed E-state index contributed by atoms with van der Waals surface area (Å²) in [6.45, 7) is 1.68. The van der Waals surface area contributed by atoms with Gasteiger partial charge in [0, 0.05) is 15.5 Å². The SMILES string of the molecule is O=S(=O)(NC1CCNCC1)c1ccc(Cl)cc1Br. The molecule has 1 aromatic rings. The molecule has 0 aliphatic carbocycles. The Morgan fingerprint density at radius 2 is 2.00 bits per heavy atom. The van der Waals surface area contributed by atoms with Crippen LogP contribution in [0.1, 0.15) is 12.8 Å². The van der Waals surface area contributed by atoms with E-state index in [9.17, 15) is 8.42 Å². The predicted octanol–water partition coefficient (Wildman–Crippen LogP) is 2.13. The van der Waals surface area contributed by atoms with Gasteiger partial charge >= 0.3 is 0 Å². The first-order valence-electron chi connectivity index (χ1n) is 5.67. The zero-order valence-corrected chi connectivity index (χ0v) is 12.8. The molecule has 2 rings (SSSR count). The maximum absolute atomic E-state index is 12.2. The van der Waals surface area contributed by atoms with Gasteiger partial charge in [0.1, 0.15) is 0 Å². The average molecular weight is 354 g/mol. The van der Waals surface area contributed by atoms with E-state index < -0.39 is 10.0 Å². The van der Waals surface area contributed by atoms with Crippen LogP contribution >= 0.6 is 27.5 Å². The third kappa shape index (κ3) is 3.45. The summed E-state index contributed by atoms with van der Waals surface area (Å²) in [5.41, 5.74) is 0. The Bertz CT molecular complexity index is 530. The highest BCUT2D eigenvalue weighted by Gasteiger charge is 2.23. The maximum atomic E-state index is 12.2. The predicted molar refractivity (Wildman–Crippen MR) is 75.4 cm³/mol. The molecule has 18 heavy (non-hydrogen) atoms. The maximum Gasteiger partial charge on any atom is 0.241 e. The molecular weight excluding hydrogens is 340 g/mol. The van der Waals surface area contributed by atoms with Gasteiger partial charge in [0.2, 0.25) is 10.0 Å². The zero-order chi connectivity index (χ0) is 13.2. The lowest BCUT2D eigenvalue weighted by Gasteiger charge is -2.23. The van der Waals surface area contributed by atoms with Crippen molar-refractivity contribution in [2.75, 3.05) is 13.1 Å². The Balaban J connectivity index is 2.19. The van der Waals surface area contributed by atoms with Gasteiger partial charge in [-0.1, -0.05) is 11.6 Å². The first-order chi connectivity index (χ1) is 8.49. The quantitative estimate of drug-likeness (QED) is 0.875. The second-order valence-corrected chi connectivity index (χ2v) is 7.19. The summed E-state index contributed by atoms with van der Waals surface area (Å²) < 4.78 is 27.7. The molecule has 4 nitrogen and oxygen atoms in total. The Hall–Kier alpha value is -0.140. The Morgan fingerprint density at radius 3 is 2.61 bits per heavy atom. The number of hydrogen-bond acceptors (Lipinski definition) is 3. The first kappa shape index (κ1) is 14.3. The Kier molecular flexibility index (Phi) is 4.66. The number of benzene rings is 1. The van der Waals surface area contributed by atoms with Crippen LogP contribution < -0.4 is 10.0 Å². The van der Waals surface area contributed by atoms with Crippen LogP contribution in [0.4, 0.5) is 0 Å². The summed E-state index contributed by atoms with van der Waals surface area (Å²) in [5.74, 6) is 0. The van der Waals surface area contributed by atoms with E-state index in [2.05, 4.69) is 26.0 Å². The third-order valence-electron chi connectivity index (χ3n) is 2.84. The highest BCUT2D eigenvalue weighted by atomic mass is 79.9. The largest absolute Gasteiger partial charge is 0.317 e. The van der Waals surface area contributed by atoms with Crippen molar-refractivity contribution < 1.29 is 8.42 Å². The molecule has 0 atom stereocenters. The zero-order valence-electron chi connectivity index (χ0n) is 9.62. The number of rotatable bonds is 3. The van der Waals surface area contributed by atoms with Crippen LogP contribution in [0.15, 0.2) is 27.6 Å². The Morgan fingerprint density at radius 1 is 1.33 bits per heavy atom. The van der Waals surface area contributed by atoms with Gasteiger partial charge in [-0.15, -0.1) is 0 Å². The molecule has 2 N–H and O–H groups in total. The van der Waals surface area contributed by atoms with Crippen molar-refractivity contribution in [3.8, 4) is 0 Å². The summed E-state index contributed by atoms with van der Waals surface area (Å²) >= 11 is 9.04. The van der Waals surface area contributed by atoms with Gasteiger partial charge in [-0.05, 0) is 60.1 Å². The van der Waals surface area contributed by atoms with E-state index in [4.69, 9.17) is 11.6 Å². The van der Waals surface area contributed by atoms with Crippen LogP contribution in [-0.4, -0.2) is 27.5 Å². The monoisotopic (exact) mass is 352 g/mol. The molecule has 0 saturated carbocycles. The summed E-state index contributed by atoms with van der Waals surface area (Å²) in [5, 5.41) is 3.70. The van der Waals surface area contributed by atoms with Gasteiger partial charge in [-0.2, -0.15) is 0 Å². The van der Waals surface area contributed by atoms with E-state index in [1.54, 1.807) is 12.1 Å². The van der Waals surface area contributed by atoms with E-state index in [0.29, 0.717) is 9.50 Å². The van der Waals surface area contributed by atoms with E-state index >= 15 is 0 Å². The molecule has 0 bridgehead atoms. The minimum absolute atomic E-state index is 0.00109. The number of halogens is 2. The molecule has 100 valence electrons. The van der Waals surface area contributed by atoms with E-state index in [-0.39, 0.29) is 10.9 Å². The van der Waals surface area contributed by atoms with Gasteiger partial charge < -0.3 is 5.32 Å². The van der Waals surface area contributed by atoms with Crippen molar-refractivity contribution in [3.05, 3.63) is 27.7 Å². The fourth-order valence-corrected chi connectivity index (χ4v) is 4.60. The molecule has 1 aromatic carbocycles. The van der Waals surface area contributed by atoms with Gasteiger partial charge in [0.15, 0.2) is 0 Å². The third-order valence-corrected chi connectivity index (χ3v) is 5.58. The van der Waals surface area contributed by atoms with Crippen molar-refractivity contribution >= 4 is 37.6 Å². The lowest BCUT2D eigenvalue weighted by molar-refractivity contribution is 0.427. The molecule has 1 heterocycles. The molecule has 0 aromatic heterocycles. The fourth-order valence-electron chi connectivity index (χ4n) is 1.92. The molecule has 0 spiro atoms. The number of sulfonamides is 1. The van der Waals surface area contributed by atoms with Gasteiger partial charge in [-0.3, -0.25) is 0 Å². The molecule has 0 amide bonds. The van der Waals surface area contributed by atoms with Gasteiger partial charge in [-0.25, -0.2) is 13.1 Å². The van der Waals surface area contributed by atoms with Crippen molar-refractivity contribution in [1.29, 1.82) is 0 Å². The first-order valence-corrected chi connectivity index (χ1v) is 8.32. The van der Waals surface area contributed by atoms with Crippen LogP contribution in [-0.2, 0) is 10.0 Å². The highest BCUT2D eigenvalue weighted by Crippen LogP contribution is 2.25. The van der Waals surface area contributed by atoms with E-state index in [0.717, 1.165) is 25.9 Å². The van der Waals surface area contributed by atoms with Crippen LogP contribution in [0.25, 0.3) is 0 Å². The molecule has 7 heteroatoms. The second kappa shape index (κ2) is 5.88. The topological polar surface area (TPSA) is 58.2 Å². The van der Waals surface area contributed by atoms with E-state index in [1.807, 2.05) is 0 Å². The molecule has 1 aliphatic rings. The molecule has 0 radical (unpaired) electrons. The average Bonchev–Trinajstić information content (AvgIpc) is 2.29. The Labute approximate surface area is 120 Å².